The number of alkyl halides is 2. The molecule has 0 bridgehead atoms. The van der Waals surface area contributed by atoms with Gasteiger partial charge >= 0.3 is 6.61 Å². The highest BCUT2D eigenvalue weighted by molar-refractivity contribution is 5.97. The number of rotatable bonds is 7. The van der Waals surface area contributed by atoms with Crippen LogP contribution in [0.5, 0.6) is 5.75 Å². The third-order valence-electron chi connectivity index (χ3n) is 3.01. The van der Waals surface area contributed by atoms with Gasteiger partial charge in [-0.15, -0.1) is 0 Å². The molecule has 0 unspecified atom stereocenters. The minimum atomic E-state index is -3.05. The van der Waals surface area contributed by atoms with Crippen LogP contribution in [0.1, 0.15) is 23.7 Å². The van der Waals surface area contributed by atoms with E-state index in [1.54, 1.807) is 6.92 Å². The summed E-state index contributed by atoms with van der Waals surface area (Å²) in [5, 5.41) is 21.0. The zero-order chi connectivity index (χ0) is 15.2. The molecule has 0 spiro atoms. The van der Waals surface area contributed by atoms with E-state index in [4.69, 9.17) is 0 Å². The summed E-state index contributed by atoms with van der Waals surface area (Å²) in [5.41, 5.74) is -1.29. The third-order valence-corrected chi connectivity index (χ3v) is 3.01. The minimum Gasteiger partial charge on any atom is -0.434 e. The lowest BCUT2D eigenvalue weighted by atomic mass is 9.97. The second kappa shape index (κ2) is 7.16. The predicted octanol–water partition coefficient (Wildman–Crippen LogP) is 1.15. The fourth-order valence-electron chi connectivity index (χ4n) is 1.60. The number of ether oxygens (including phenoxy) is 1. The molecule has 0 aliphatic rings. The topological polar surface area (TPSA) is 78.8 Å². The first-order valence-electron chi connectivity index (χ1n) is 6.06. The Morgan fingerprint density at radius 3 is 2.45 bits per heavy atom. The van der Waals surface area contributed by atoms with E-state index >= 15 is 0 Å². The van der Waals surface area contributed by atoms with Crippen LogP contribution in [0.15, 0.2) is 24.3 Å². The van der Waals surface area contributed by atoms with Crippen LogP contribution in [0.2, 0.25) is 0 Å². The van der Waals surface area contributed by atoms with Crippen LogP contribution in [0.4, 0.5) is 8.78 Å². The zero-order valence-electron chi connectivity index (χ0n) is 11.0. The summed E-state index contributed by atoms with van der Waals surface area (Å²) in [4.78, 5) is 12.1. The number of aliphatic hydroxyl groups excluding tert-OH is 2. The number of benzene rings is 1. The van der Waals surface area contributed by atoms with E-state index in [0.717, 1.165) is 0 Å². The molecule has 20 heavy (non-hydrogen) atoms. The Labute approximate surface area is 115 Å². The van der Waals surface area contributed by atoms with Gasteiger partial charge in [-0.2, -0.15) is 8.78 Å². The summed E-state index contributed by atoms with van der Waals surface area (Å²) in [5.74, 6) is -0.966. The van der Waals surface area contributed by atoms with Gasteiger partial charge in [0.15, 0.2) is 0 Å². The molecule has 112 valence electrons. The molecule has 1 rings (SSSR count). The van der Waals surface area contributed by atoms with E-state index in [9.17, 15) is 23.8 Å². The first-order valence-corrected chi connectivity index (χ1v) is 6.06. The zero-order valence-corrected chi connectivity index (χ0v) is 11.0. The molecule has 0 fully saturated rings. The lowest BCUT2D eigenvalue weighted by Gasteiger charge is -2.29. The summed E-state index contributed by atoms with van der Waals surface area (Å²) in [6.07, 6.45) is 0.281. The Morgan fingerprint density at radius 2 is 1.95 bits per heavy atom. The van der Waals surface area contributed by atoms with Crippen molar-refractivity contribution in [2.75, 3.05) is 13.2 Å². The molecule has 0 saturated heterocycles. The van der Waals surface area contributed by atoms with Crippen molar-refractivity contribution in [3.8, 4) is 5.75 Å². The molecule has 3 N–H and O–H groups in total. The molecule has 0 heterocycles. The van der Waals surface area contributed by atoms with Crippen LogP contribution in [0.3, 0.4) is 0 Å². The second-order valence-corrected chi connectivity index (χ2v) is 4.28. The van der Waals surface area contributed by atoms with E-state index in [0.29, 0.717) is 0 Å². The summed E-state index contributed by atoms with van der Waals surface area (Å²) in [7, 11) is 0. The fraction of sp³-hybridized carbons (Fsp3) is 0.462. The standard InChI is InChI=1S/C13H17F2NO4/c1-2-13(7-17,8-18)16-11(19)9-5-3-4-6-10(9)20-12(14)15/h3-6,12,17-18H,2,7-8H2,1H3,(H,16,19). The molecule has 1 amide bonds. The van der Waals surface area contributed by atoms with Crippen molar-refractivity contribution >= 4 is 5.91 Å². The lowest BCUT2D eigenvalue weighted by Crippen LogP contribution is -2.53. The van der Waals surface area contributed by atoms with Crippen LogP contribution in [0.25, 0.3) is 0 Å². The monoisotopic (exact) mass is 289 g/mol. The van der Waals surface area contributed by atoms with Crippen molar-refractivity contribution in [2.45, 2.75) is 25.5 Å². The third kappa shape index (κ3) is 3.88. The highest BCUT2D eigenvalue weighted by Crippen LogP contribution is 2.21. The summed E-state index contributed by atoms with van der Waals surface area (Å²) < 4.78 is 28.8. The molecule has 0 aliphatic carbocycles. The number of amides is 1. The van der Waals surface area contributed by atoms with Gasteiger partial charge in [-0.1, -0.05) is 19.1 Å². The molecule has 0 atom stereocenters. The van der Waals surface area contributed by atoms with Gasteiger partial charge < -0.3 is 20.3 Å². The van der Waals surface area contributed by atoms with E-state index in [2.05, 4.69) is 10.1 Å². The molecule has 0 saturated carbocycles. The number of para-hydroxylation sites is 1. The number of hydrogen-bond donors (Lipinski definition) is 3. The minimum absolute atomic E-state index is 0.0903. The quantitative estimate of drug-likeness (QED) is 0.703. The summed E-state index contributed by atoms with van der Waals surface area (Å²) >= 11 is 0. The Balaban J connectivity index is 2.97. The average Bonchev–Trinajstić information content (AvgIpc) is 2.44. The first-order chi connectivity index (χ1) is 9.48. The van der Waals surface area contributed by atoms with Gasteiger partial charge in [0.05, 0.1) is 24.3 Å². The number of carbonyl (C=O) groups is 1. The maximum absolute atomic E-state index is 12.3. The van der Waals surface area contributed by atoms with Crippen LogP contribution in [-0.2, 0) is 0 Å². The van der Waals surface area contributed by atoms with Crippen LogP contribution in [-0.4, -0.2) is 41.5 Å². The van der Waals surface area contributed by atoms with E-state index in [1.165, 1.54) is 24.3 Å². The van der Waals surface area contributed by atoms with Crippen molar-refractivity contribution < 1.29 is 28.5 Å². The largest absolute Gasteiger partial charge is 0.434 e. The second-order valence-electron chi connectivity index (χ2n) is 4.28. The normalized spacial score (nSPS) is 11.5. The van der Waals surface area contributed by atoms with Gasteiger partial charge in [-0.3, -0.25) is 4.79 Å². The Hall–Kier alpha value is -1.73. The SMILES string of the molecule is CCC(CO)(CO)NC(=O)c1ccccc1OC(F)F. The number of aliphatic hydroxyl groups is 2. The Morgan fingerprint density at radius 1 is 1.35 bits per heavy atom. The maximum Gasteiger partial charge on any atom is 0.387 e. The van der Waals surface area contributed by atoms with E-state index in [-0.39, 0.29) is 17.7 Å². The van der Waals surface area contributed by atoms with Crippen LogP contribution < -0.4 is 10.1 Å². The number of hydrogen-bond acceptors (Lipinski definition) is 4. The van der Waals surface area contributed by atoms with Gasteiger partial charge in [0, 0.05) is 0 Å². The lowest BCUT2D eigenvalue weighted by molar-refractivity contribution is -0.0502. The molecule has 0 aliphatic heterocycles. The molecular formula is C13H17F2NO4. The van der Waals surface area contributed by atoms with Crippen LogP contribution >= 0.6 is 0 Å². The van der Waals surface area contributed by atoms with Gasteiger partial charge in [-0.25, -0.2) is 0 Å². The van der Waals surface area contributed by atoms with Gasteiger partial charge in [0.2, 0.25) is 0 Å². The fourth-order valence-corrected chi connectivity index (χ4v) is 1.60. The van der Waals surface area contributed by atoms with Crippen molar-refractivity contribution in [2.24, 2.45) is 0 Å². The van der Waals surface area contributed by atoms with Gasteiger partial charge in [-0.05, 0) is 18.6 Å². The number of nitrogens with one attached hydrogen (secondary N) is 1. The summed E-state index contributed by atoms with van der Waals surface area (Å²) in [6.45, 7) is -2.31. The highest BCUT2D eigenvalue weighted by atomic mass is 19.3. The number of halogens is 2. The average molecular weight is 289 g/mol. The maximum atomic E-state index is 12.3. The van der Waals surface area contributed by atoms with E-state index < -0.39 is 31.3 Å². The Kier molecular flexibility index (Phi) is 5.84. The molecule has 0 radical (unpaired) electrons. The van der Waals surface area contributed by atoms with Gasteiger partial charge in [0.1, 0.15) is 5.75 Å². The molecule has 7 heteroatoms. The van der Waals surface area contributed by atoms with Crippen molar-refractivity contribution in [1.82, 2.24) is 5.32 Å². The van der Waals surface area contributed by atoms with Crippen molar-refractivity contribution in [1.29, 1.82) is 0 Å². The molecule has 0 aromatic heterocycles. The summed E-state index contributed by atoms with van der Waals surface area (Å²) in [6, 6.07) is 5.52. The van der Waals surface area contributed by atoms with Crippen molar-refractivity contribution in [3.63, 3.8) is 0 Å². The van der Waals surface area contributed by atoms with Gasteiger partial charge in [0.25, 0.3) is 5.91 Å². The predicted molar refractivity (Wildman–Crippen MR) is 67.7 cm³/mol. The number of carbonyl (C=O) groups excluding carboxylic acids is 1. The molecule has 1 aromatic carbocycles. The first kappa shape index (κ1) is 16.3. The highest BCUT2D eigenvalue weighted by Gasteiger charge is 2.30. The molecule has 1 aromatic rings. The Bertz CT molecular complexity index is 441. The smallest absolute Gasteiger partial charge is 0.387 e. The van der Waals surface area contributed by atoms with Crippen molar-refractivity contribution in [3.05, 3.63) is 29.8 Å². The van der Waals surface area contributed by atoms with E-state index in [1.807, 2.05) is 0 Å². The molecule has 5 nitrogen and oxygen atoms in total. The molecular weight excluding hydrogens is 272 g/mol. The van der Waals surface area contributed by atoms with Crippen LogP contribution in [0, 0.1) is 0 Å².